The number of fused-ring (bicyclic) bond motifs is 1. The molecule has 0 amide bonds. The van der Waals surface area contributed by atoms with Crippen molar-refractivity contribution in [1.29, 1.82) is 0 Å². The maximum atomic E-state index is 6.31. The Labute approximate surface area is 145 Å². The molecule has 0 aromatic carbocycles. The van der Waals surface area contributed by atoms with Gasteiger partial charge in [0.15, 0.2) is 0 Å². The molecule has 120 valence electrons. The Morgan fingerprint density at radius 2 is 2.17 bits per heavy atom. The van der Waals surface area contributed by atoms with E-state index in [1.54, 1.807) is 12.4 Å². The maximum Gasteiger partial charge on any atom is 0.129 e. The first-order chi connectivity index (χ1) is 11.8. The van der Waals surface area contributed by atoms with Gasteiger partial charge in [-0.25, -0.2) is 4.52 Å². The summed E-state index contributed by atoms with van der Waals surface area (Å²) in [6.45, 7) is 0.679. The van der Waals surface area contributed by atoms with Gasteiger partial charge in [-0.2, -0.15) is 5.10 Å². The molecule has 0 bridgehead atoms. The van der Waals surface area contributed by atoms with E-state index in [0.29, 0.717) is 11.6 Å². The third kappa shape index (κ3) is 2.93. The second kappa shape index (κ2) is 6.49. The number of nitrogens with one attached hydrogen (secondary N) is 1. The molecule has 1 aliphatic carbocycles. The van der Waals surface area contributed by atoms with Crippen molar-refractivity contribution in [2.24, 2.45) is 0 Å². The lowest BCUT2D eigenvalue weighted by atomic mass is 10.00. The molecule has 4 rings (SSSR count). The number of rotatable bonds is 4. The Balaban J connectivity index is 1.73. The monoisotopic (exact) mass is 336 g/mol. The summed E-state index contributed by atoms with van der Waals surface area (Å²) in [4.78, 5) is 4.15. The van der Waals surface area contributed by atoms with Crippen molar-refractivity contribution in [3.63, 3.8) is 0 Å². The van der Waals surface area contributed by atoms with E-state index in [1.807, 2.05) is 22.8 Å². The van der Waals surface area contributed by atoms with Gasteiger partial charge in [-0.15, -0.1) is 0 Å². The van der Waals surface area contributed by atoms with Gasteiger partial charge in [0.1, 0.15) is 5.82 Å². The zero-order valence-corrected chi connectivity index (χ0v) is 13.9. The molecule has 5 heteroatoms. The fraction of sp³-hybridized carbons (Fsp3) is 0.158. The van der Waals surface area contributed by atoms with Crippen molar-refractivity contribution in [2.45, 2.75) is 19.4 Å². The van der Waals surface area contributed by atoms with Crippen molar-refractivity contribution in [3.8, 4) is 0 Å². The Morgan fingerprint density at radius 1 is 1.21 bits per heavy atom. The van der Waals surface area contributed by atoms with Crippen LogP contribution in [0.4, 0.5) is 5.82 Å². The van der Waals surface area contributed by atoms with Crippen LogP contribution in [-0.2, 0) is 6.54 Å². The molecule has 0 aliphatic heterocycles. The van der Waals surface area contributed by atoms with Crippen LogP contribution in [0.25, 0.3) is 11.1 Å². The highest BCUT2D eigenvalue weighted by molar-refractivity contribution is 6.33. The number of anilines is 1. The number of aromatic nitrogens is 3. The SMILES string of the molecule is Clc1cnn2c(NCc3cccnc3)cc(C3=CCCC=C3)cc12. The molecule has 0 unspecified atom stereocenters. The molecule has 4 nitrogen and oxygen atoms in total. The summed E-state index contributed by atoms with van der Waals surface area (Å²) < 4.78 is 1.84. The Bertz CT molecular complexity index is 925. The summed E-state index contributed by atoms with van der Waals surface area (Å²) >= 11 is 6.31. The van der Waals surface area contributed by atoms with Crippen molar-refractivity contribution < 1.29 is 0 Å². The Hall–Kier alpha value is -2.59. The second-order valence-electron chi connectivity index (χ2n) is 5.77. The lowest BCUT2D eigenvalue weighted by Gasteiger charge is -2.13. The van der Waals surface area contributed by atoms with Gasteiger partial charge in [0.05, 0.1) is 16.7 Å². The van der Waals surface area contributed by atoms with Crippen LogP contribution in [0.5, 0.6) is 0 Å². The Kier molecular flexibility index (Phi) is 4.05. The van der Waals surface area contributed by atoms with Crippen LogP contribution in [0.15, 0.2) is 61.1 Å². The molecule has 0 atom stereocenters. The number of halogens is 1. The highest BCUT2D eigenvalue weighted by Crippen LogP contribution is 2.29. The third-order valence-corrected chi connectivity index (χ3v) is 4.39. The zero-order chi connectivity index (χ0) is 16.4. The Morgan fingerprint density at radius 3 is 2.96 bits per heavy atom. The molecule has 1 aliphatic rings. The largest absolute Gasteiger partial charge is 0.366 e. The molecule has 3 aromatic heterocycles. The van der Waals surface area contributed by atoms with Crippen LogP contribution < -0.4 is 5.32 Å². The van der Waals surface area contributed by atoms with Crippen molar-refractivity contribution in [1.82, 2.24) is 14.6 Å². The smallest absolute Gasteiger partial charge is 0.129 e. The minimum Gasteiger partial charge on any atom is -0.366 e. The number of hydrogen-bond donors (Lipinski definition) is 1. The van der Waals surface area contributed by atoms with E-state index in [-0.39, 0.29) is 0 Å². The molecule has 0 radical (unpaired) electrons. The second-order valence-corrected chi connectivity index (χ2v) is 6.18. The summed E-state index contributed by atoms with van der Waals surface area (Å²) in [6.07, 6.45) is 14.1. The lowest BCUT2D eigenvalue weighted by Crippen LogP contribution is -2.06. The summed E-state index contributed by atoms with van der Waals surface area (Å²) in [7, 11) is 0. The average molecular weight is 337 g/mol. The fourth-order valence-corrected chi connectivity index (χ4v) is 3.05. The average Bonchev–Trinajstić information content (AvgIpc) is 3.02. The van der Waals surface area contributed by atoms with Gasteiger partial charge in [-0.1, -0.05) is 35.9 Å². The van der Waals surface area contributed by atoms with Gasteiger partial charge in [-0.3, -0.25) is 4.98 Å². The molecule has 24 heavy (non-hydrogen) atoms. The molecular formula is C19H17ClN4. The van der Waals surface area contributed by atoms with E-state index in [2.05, 4.69) is 45.8 Å². The van der Waals surface area contributed by atoms with Crippen LogP contribution in [0.2, 0.25) is 5.02 Å². The van der Waals surface area contributed by atoms with Gasteiger partial charge in [-0.05, 0) is 47.7 Å². The van der Waals surface area contributed by atoms with Crippen LogP contribution in [0.1, 0.15) is 24.0 Å². The summed E-state index contributed by atoms with van der Waals surface area (Å²) in [6, 6.07) is 8.19. The number of pyridine rings is 2. The first kappa shape index (κ1) is 15.0. The minimum absolute atomic E-state index is 0.654. The summed E-state index contributed by atoms with van der Waals surface area (Å²) in [5.41, 5.74) is 4.40. The van der Waals surface area contributed by atoms with Crippen molar-refractivity contribution in [3.05, 3.63) is 77.2 Å². The predicted molar refractivity (Wildman–Crippen MR) is 98.1 cm³/mol. The van der Waals surface area contributed by atoms with Crippen LogP contribution in [0.3, 0.4) is 0 Å². The molecule has 1 N–H and O–H groups in total. The third-order valence-electron chi connectivity index (χ3n) is 4.10. The minimum atomic E-state index is 0.654. The van der Waals surface area contributed by atoms with Crippen molar-refractivity contribution in [2.75, 3.05) is 5.32 Å². The number of hydrogen-bond acceptors (Lipinski definition) is 3. The van der Waals surface area contributed by atoms with Crippen molar-refractivity contribution >= 4 is 28.5 Å². The van der Waals surface area contributed by atoms with Gasteiger partial charge >= 0.3 is 0 Å². The van der Waals surface area contributed by atoms with Gasteiger partial charge in [0, 0.05) is 18.9 Å². The van der Waals surface area contributed by atoms with E-state index in [0.717, 1.165) is 35.3 Å². The first-order valence-corrected chi connectivity index (χ1v) is 8.36. The van der Waals surface area contributed by atoms with E-state index in [1.165, 1.54) is 5.57 Å². The van der Waals surface area contributed by atoms with E-state index < -0.39 is 0 Å². The summed E-state index contributed by atoms with van der Waals surface area (Å²) in [5, 5.41) is 8.49. The molecule has 3 heterocycles. The first-order valence-electron chi connectivity index (χ1n) is 7.98. The van der Waals surface area contributed by atoms with E-state index >= 15 is 0 Å². The molecule has 0 spiro atoms. The van der Waals surface area contributed by atoms with Gasteiger partial charge in [0.25, 0.3) is 0 Å². The highest BCUT2D eigenvalue weighted by atomic mass is 35.5. The standard InChI is InChI=1S/C19H17ClN4/c20-17-13-23-24-18(17)9-16(15-6-2-1-3-7-15)10-19(24)22-12-14-5-4-8-21-11-14/h2,4-11,13,22H,1,3,12H2. The van der Waals surface area contributed by atoms with Crippen LogP contribution in [0, 0.1) is 0 Å². The van der Waals surface area contributed by atoms with E-state index in [9.17, 15) is 0 Å². The van der Waals surface area contributed by atoms with Crippen LogP contribution >= 0.6 is 11.6 Å². The number of allylic oxidation sites excluding steroid dienone is 4. The zero-order valence-electron chi connectivity index (χ0n) is 13.1. The molecule has 0 fully saturated rings. The quantitative estimate of drug-likeness (QED) is 0.749. The summed E-state index contributed by atoms with van der Waals surface area (Å²) in [5.74, 6) is 0.915. The molecule has 0 saturated carbocycles. The topological polar surface area (TPSA) is 42.2 Å². The van der Waals surface area contributed by atoms with E-state index in [4.69, 9.17) is 11.6 Å². The molecule has 3 aromatic rings. The molecular weight excluding hydrogens is 320 g/mol. The number of nitrogens with zero attached hydrogens (tertiary/aromatic N) is 3. The van der Waals surface area contributed by atoms with Gasteiger partial charge < -0.3 is 5.32 Å². The van der Waals surface area contributed by atoms with Gasteiger partial charge in [0.2, 0.25) is 0 Å². The molecule has 0 saturated heterocycles. The fourth-order valence-electron chi connectivity index (χ4n) is 2.87. The highest BCUT2D eigenvalue weighted by Gasteiger charge is 2.11. The van der Waals surface area contributed by atoms with Crippen LogP contribution in [-0.4, -0.2) is 14.6 Å². The normalized spacial score (nSPS) is 14.0. The lowest BCUT2D eigenvalue weighted by molar-refractivity contribution is 0.940. The maximum absolute atomic E-state index is 6.31. The predicted octanol–water partition coefficient (Wildman–Crippen LogP) is 4.73.